The molecule has 1 amide bonds. The van der Waals surface area contributed by atoms with Gasteiger partial charge in [0, 0.05) is 5.02 Å². The van der Waals surface area contributed by atoms with Crippen LogP contribution < -0.4 is 5.32 Å². The fraction of sp³-hybridized carbons (Fsp3) is 0.176. The Bertz CT molecular complexity index is 761. The highest BCUT2D eigenvalue weighted by atomic mass is 35.5. The van der Waals surface area contributed by atoms with Gasteiger partial charge < -0.3 is 10.1 Å². The summed E-state index contributed by atoms with van der Waals surface area (Å²) in [5.41, 5.74) is 1.99. The predicted octanol–water partition coefficient (Wildman–Crippen LogP) is 3.89. The van der Waals surface area contributed by atoms with Crippen LogP contribution in [0.4, 0.5) is 10.1 Å². The maximum Gasteiger partial charge on any atom is 0.338 e. The molecule has 0 atom stereocenters. The first-order valence-corrected chi connectivity index (χ1v) is 7.24. The highest BCUT2D eigenvalue weighted by Crippen LogP contribution is 2.19. The smallest absolute Gasteiger partial charge is 0.338 e. The third kappa shape index (κ3) is 4.53. The van der Waals surface area contributed by atoms with Crippen molar-refractivity contribution in [3.05, 3.63) is 63.9 Å². The van der Waals surface area contributed by atoms with E-state index in [0.717, 1.165) is 17.2 Å². The third-order valence-electron chi connectivity index (χ3n) is 3.15. The second kappa shape index (κ2) is 7.24. The summed E-state index contributed by atoms with van der Waals surface area (Å²) in [6, 6.07) is 9.15. The first kappa shape index (κ1) is 17.0. The fourth-order valence-electron chi connectivity index (χ4n) is 1.94. The maximum atomic E-state index is 13.5. The van der Waals surface area contributed by atoms with Gasteiger partial charge in [0.25, 0.3) is 5.91 Å². The minimum atomic E-state index is -0.648. The Hall–Kier alpha value is -2.40. The number of carbonyl (C=O) groups is 2. The number of ether oxygens (including phenoxy) is 1. The van der Waals surface area contributed by atoms with E-state index in [2.05, 4.69) is 5.32 Å². The monoisotopic (exact) mass is 335 g/mol. The van der Waals surface area contributed by atoms with Crippen molar-refractivity contribution in [1.29, 1.82) is 0 Å². The lowest BCUT2D eigenvalue weighted by Crippen LogP contribution is -2.21. The van der Waals surface area contributed by atoms with E-state index in [1.807, 2.05) is 13.0 Å². The van der Waals surface area contributed by atoms with Crippen molar-refractivity contribution in [2.45, 2.75) is 13.8 Å². The number of esters is 1. The minimum Gasteiger partial charge on any atom is -0.452 e. The van der Waals surface area contributed by atoms with Crippen molar-refractivity contribution in [2.75, 3.05) is 11.9 Å². The summed E-state index contributed by atoms with van der Waals surface area (Å²) < 4.78 is 18.5. The maximum absolute atomic E-state index is 13.5. The summed E-state index contributed by atoms with van der Waals surface area (Å²) in [6.07, 6.45) is 0. The third-order valence-corrected chi connectivity index (χ3v) is 3.38. The molecule has 1 N–H and O–H groups in total. The number of anilines is 1. The molecular weight excluding hydrogens is 321 g/mol. The second-order valence-corrected chi connectivity index (χ2v) is 5.50. The summed E-state index contributed by atoms with van der Waals surface area (Å²) >= 11 is 5.74. The number of hydrogen-bond donors (Lipinski definition) is 1. The summed E-state index contributed by atoms with van der Waals surface area (Å²) in [7, 11) is 0. The van der Waals surface area contributed by atoms with Crippen LogP contribution in [0, 0.1) is 19.7 Å². The molecular formula is C17H15ClFNO3. The van der Waals surface area contributed by atoms with Crippen molar-refractivity contribution in [3.8, 4) is 0 Å². The molecule has 0 aliphatic heterocycles. The Morgan fingerprint density at radius 2 is 1.91 bits per heavy atom. The van der Waals surface area contributed by atoms with E-state index in [0.29, 0.717) is 5.56 Å². The number of aryl methyl sites for hydroxylation is 2. The van der Waals surface area contributed by atoms with Crippen molar-refractivity contribution >= 4 is 29.2 Å². The zero-order valence-electron chi connectivity index (χ0n) is 12.7. The van der Waals surface area contributed by atoms with Gasteiger partial charge in [0.2, 0.25) is 0 Å². The summed E-state index contributed by atoms with van der Waals surface area (Å²) in [6.45, 7) is 3.11. The van der Waals surface area contributed by atoms with E-state index in [1.165, 1.54) is 12.1 Å². The van der Waals surface area contributed by atoms with Gasteiger partial charge in [-0.25, -0.2) is 9.18 Å². The van der Waals surface area contributed by atoms with E-state index >= 15 is 0 Å². The number of halogens is 2. The summed E-state index contributed by atoms with van der Waals surface area (Å²) in [4.78, 5) is 23.8. The van der Waals surface area contributed by atoms with Crippen LogP contribution in [-0.2, 0) is 9.53 Å². The van der Waals surface area contributed by atoms with E-state index in [9.17, 15) is 14.0 Å². The molecule has 0 bridgehead atoms. The molecule has 0 spiro atoms. The van der Waals surface area contributed by atoms with Gasteiger partial charge in [-0.3, -0.25) is 4.79 Å². The largest absolute Gasteiger partial charge is 0.452 e. The molecule has 23 heavy (non-hydrogen) atoms. The van der Waals surface area contributed by atoms with Gasteiger partial charge in [0.15, 0.2) is 6.61 Å². The number of rotatable bonds is 4. The molecule has 120 valence electrons. The van der Waals surface area contributed by atoms with E-state index < -0.39 is 24.3 Å². The van der Waals surface area contributed by atoms with Crippen LogP contribution in [-0.4, -0.2) is 18.5 Å². The van der Waals surface area contributed by atoms with Gasteiger partial charge in [0.1, 0.15) is 5.82 Å². The van der Waals surface area contributed by atoms with Gasteiger partial charge in [-0.1, -0.05) is 29.3 Å². The van der Waals surface area contributed by atoms with E-state index in [-0.39, 0.29) is 10.7 Å². The Kier molecular flexibility index (Phi) is 5.34. The Balaban J connectivity index is 1.97. The van der Waals surface area contributed by atoms with Gasteiger partial charge in [-0.15, -0.1) is 0 Å². The lowest BCUT2D eigenvalue weighted by Gasteiger charge is -2.09. The molecule has 2 aromatic carbocycles. The molecule has 0 fully saturated rings. The van der Waals surface area contributed by atoms with Crippen LogP contribution in [0.25, 0.3) is 0 Å². The lowest BCUT2D eigenvalue weighted by atomic mass is 10.1. The predicted molar refractivity (Wildman–Crippen MR) is 86.2 cm³/mol. The summed E-state index contributed by atoms with van der Waals surface area (Å²) in [5.74, 6) is -1.87. The Morgan fingerprint density at radius 3 is 2.65 bits per heavy atom. The van der Waals surface area contributed by atoms with Crippen LogP contribution in [0.1, 0.15) is 21.5 Å². The Morgan fingerprint density at radius 1 is 1.17 bits per heavy atom. The molecule has 0 aliphatic carbocycles. The van der Waals surface area contributed by atoms with Crippen LogP contribution in [0.3, 0.4) is 0 Å². The average Bonchev–Trinajstić information content (AvgIpc) is 2.51. The van der Waals surface area contributed by atoms with Crippen molar-refractivity contribution in [3.63, 3.8) is 0 Å². The number of hydrogen-bond acceptors (Lipinski definition) is 3. The van der Waals surface area contributed by atoms with Crippen LogP contribution >= 0.6 is 11.6 Å². The quantitative estimate of drug-likeness (QED) is 0.862. The molecule has 2 rings (SSSR count). The number of nitrogens with one attached hydrogen (secondary N) is 1. The minimum absolute atomic E-state index is 0.0646. The van der Waals surface area contributed by atoms with Gasteiger partial charge in [-0.2, -0.15) is 0 Å². The molecule has 0 aromatic heterocycles. The first-order chi connectivity index (χ1) is 10.9. The van der Waals surface area contributed by atoms with Gasteiger partial charge in [0.05, 0.1) is 11.3 Å². The molecule has 0 radical (unpaired) electrons. The van der Waals surface area contributed by atoms with Crippen LogP contribution in [0.2, 0.25) is 5.02 Å². The number of benzene rings is 2. The van der Waals surface area contributed by atoms with Crippen molar-refractivity contribution < 1.29 is 18.7 Å². The van der Waals surface area contributed by atoms with Gasteiger partial charge in [-0.05, 0) is 43.7 Å². The van der Waals surface area contributed by atoms with E-state index in [1.54, 1.807) is 19.1 Å². The molecule has 2 aromatic rings. The SMILES string of the molecule is Cc1ccc(C)c(C(=O)OCC(=O)Nc2cc(Cl)ccc2F)c1. The van der Waals surface area contributed by atoms with Crippen LogP contribution in [0.5, 0.6) is 0 Å². The van der Waals surface area contributed by atoms with E-state index in [4.69, 9.17) is 16.3 Å². The molecule has 6 heteroatoms. The standard InChI is InChI=1S/C17H15ClFNO3/c1-10-3-4-11(2)13(7-10)17(22)23-9-16(21)20-15-8-12(18)5-6-14(15)19/h3-8H,9H2,1-2H3,(H,20,21). The molecule has 0 aliphatic rings. The highest BCUT2D eigenvalue weighted by Gasteiger charge is 2.14. The van der Waals surface area contributed by atoms with Crippen molar-refractivity contribution in [2.24, 2.45) is 0 Å². The topological polar surface area (TPSA) is 55.4 Å². The van der Waals surface area contributed by atoms with Crippen molar-refractivity contribution in [1.82, 2.24) is 0 Å². The molecule has 0 unspecified atom stereocenters. The number of amides is 1. The molecule has 4 nitrogen and oxygen atoms in total. The molecule has 0 saturated heterocycles. The molecule has 0 saturated carbocycles. The zero-order chi connectivity index (χ0) is 17.0. The zero-order valence-corrected chi connectivity index (χ0v) is 13.4. The van der Waals surface area contributed by atoms with Crippen LogP contribution in [0.15, 0.2) is 36.4 Å². The average molecular weight is 336 g/mol. The molecule has 0 heterocycles. The fourth-order valence-corrected chi connectivity index (χ4v) is 2.12. The highest BCUT2D eigenvalue weighted by molar-refractivity contribution is 6.30. The number of carbonyl (C=O) groups excluding carboxylic acids is 2. The lowest BCUT2D eigenvalue weighted by molar-refractivity contribution is -0.119. The Labute approximate surface area is 138 Å². The van der Waals surface area contributed by atoms with Gasteiger partial charge >= 0.3 is 5.97 Å². The normalized spacial score (nSPS) is 10.3. The first-order valence-electron chi connectivity index (χ1n) is 6.86. The summed E-state index contributed by atoms with van der Waals surface area (Å²) in [5, 5.41) is 2.59. The second-order valence-electron chi connectivity index (χ2n) is 5.07.